The molecule has 1 aliphatic heterocycles. The maximum atomic E-state index is 12.9. The van der Waals surface area contributed by atoms with Crippen LogP contribution in [0.3, 0.4) is 0 Å². The molecule has 2 aromatic rings. The molecule has 33 heavy (non-hydrogen) atoms. The number of aryl methyl sites for hydroxylation is 1. The van der Waals surface area contributed by atoms with Gasteiger partial charge >= 0.3 is 0 Å². The molecule has 1 aromatic carbocycles. The van der Waals surface area contributed by atoms with Gasteiger partial charge in [-0.2, -0.15) is 0 Å². The van der Waals surface area contributed by atoms with Gasteiger partial charge in [-0.15, -0.1) is 11.3 Å². The van der Waals surface area contributed by atoms with Crippen LogP contribution < -0.4 is 10.0 Å². The molecule has 182 valence electrons. The summed E-state index contributed by atoms with van der Waals surface area (Å²) in [5.41, 5.74) is 1.33. The summed E-state index contributed by atoms with van der Waals surface area (Å²) in [6, 6.07) is 13.4. The van der Waals surface area contributed by atoms with Gasteiger partial charge in [0.1, 0.15) is 4.21 Å². The summed E-state index contributed by atoms with van der Waals surface area (Å²) in [6.07, 6.45) is 5.52. The largest absolute Gasteiger partial charge is 0.355 e. The van der Waals surface area contributed by atoms with Gasteiger partial charge in [0.05, 0.1) is 6.04 Å². The van der Waals surface area contributed by atoms with Gasteiger partial charge in [0.25, 0.3) is 0 Å². The van der Waals surface area contributed by atoms with E-state index in [2.05, 4.69) is 53.1 Å². The van der Waals surface area contributed by atoms with Gasteiger partial charge in [-0.25, -0.2) is 13.1 Å². The van der Waals surface area contributed by atoms with Crippen LogP contribution in [-0.4, -0.2) is 50.9 Å². The number of rotatable bonds is 13. The minimum Gasteiger partial charge on any atom is -0.355 e. The molecule has 1 aromatic heterocycles. The van der Waals surface area contributed by atoms with E-state index in [4.69, 9.17) is 0 Å². The van der Waals surface area contributed by atoms with Crippen LogP contribution in [0.2, 0.25) is 0 Å². The smallest absolute Gasteiger partial charge is 0.250 e. The number of thiophene rings is 1. The number of nitrogens with zero attached hydrogens (tertiary/aromatic N) is 1. The Balaban J connectivity index is 1.49. The molecule has 8 heteroatoms. The van der Waals surface area contributed by atoms with Gasteiger partial charge in [-0.05, 0) is 68.0 Å². The van der Waals surface area contributed by atoms with Gasteiger partial charge in [0.15, 0.2) is 0 Å². The average Bonchev–Trinajstić information content (AvgIpc) is 3.46. The summed E-state index contributed by atoms with van der Waals surface area (Å²) >= 11 is 1.22. The number of benzene rings is 1. The van der Waals surface area contributed by atoms with E-state index in [1.165, 1.54) is 16.9 Å². The molecule has 0 saturated carbocycles. The third kappa shape index (κ3) is 8.21. The second kappa shape index (κ2) is 12.6. The van der Waals surface area contributed by atoms with Gasteiger partial charge < -0.3 is 5.32 Å². The number of nitrogens with one attached hydrogen (secondary N) is 2. The molecule has 2 atom stereocenters. The van der Waals surface area contributed by atoms with Crippen molar-refractivity contribution < 1.29 is 13.2 Å². The van der Waals surface area contributed by atoms with Gasteiger partial charge in [-0.1, -0.05) is 50.2 Å². The Bertz CT molecular complexity index is 947. The Kier molecular flexibility index (Phi) is 9.92. The minimum absolute atomic E-state index is 0.0663. The Morgan fingerprint density at radius 3 is 2.64 bits per heavy atom. The summed E-state index contributed by atoms with van der Waals surface area (Å²) in [5.74, 6) is 0.414. The van der Waals surface area contributed by atoms with E-state index >= 15 is 0 Å². The van der Waals surface area contributed by atoms with E-state index in [0.29, 0.717) is 23.2 Å². The summed E-state index contributed by atoms with van der Waals surface area (Å²) in [7, 11) is -3.54. The standard InChI is InChI=1S/C25H37N3O3S2/c1-20(2)18-22(27-33(30,31)24-14-9-17-32-24)19-28-16-8-13-23(28)25(29)26-15-7-6-12-21-10-4-3-5-11-21/h3-5,9-11,14,17,20,22-23,27H,6-8,12-13,15-16,18-19H2,1-2H3,(H,26,29)/t22-,23-/m0/s1. The Labute approximate surface area is 202 Å². The summed E-state index contributed by atoms with van der Waals surface area (Å²) in [5, 5.41) is 4.88. The van der Waals surface area contributed by atoms with Crippen molar-refractivity contribution >= 4 is 27.3 Å². The maximum Gasteiger partial charge on any atom is 0.250 e. The first kappa shape index (κ1) is 25.9. The van der Waals surface area contributed by atoms with Crippen LogP contribution in [0.4, 0.5) is 0 Å². The molecule has 1 amide bonds. The molecule has 6 nitrogen and oxygen atoms in total. The molecule has 1 fully saturated rings. The van der Waals surface area contributed by atoms with Crippen LogP contribution in [0, 0.1) is 5.92 Å². The van der Waals surface area contributed by atoms with Crippen molar-refractivity contribution in [1.29, 1.82) is 0 Å². The van der Waals surface area contributed by atoms with Gasteiger partial charge in [0.2, 0.25) is 15.9 Å². The molecule has 0 bridgehead atoms. The van der Waals surface area contributed by atoms with Crippen LogP contribution in [-0.2, 0) is 21.2 Å². The average molecular weight is 492 g/mol. The summed E-state index contributed by atoms with van der Waals surface area (Å²) < 4.78 is 28.8. The number of carbonyl (C=O) groups is 1. The third-order valence-electron chi connectivity index (χ3n) is 5.99. The lowest BCUT2D eigenvalue weighted by molar-refractivity contribution is -0.125. The van der Waals surface area contributed by atoms with Crippen molar-refractivity contribution in [3.05, 3.63) is 53.4 Å². The maximum absolute atomic E-state index is 12.9. The van der Waals surface area contributed by atoms with Crippen LogP contribution in [0.5, 0.6) is 0 Å². The van der Waals surface area contributed by atoms with Gasteiger partial charge in [0, 0.05) is 19.1 Å². The van der Waals surface area contributed by atoms with Crippen LogP contribution in [0.25, 0.3) is 0 Å². The molecule has 0 unspecified atom stereocenters. The van der Waals surface area contributed by atoms with Gasteiger partial charge in [-0.3, -0.25) is 9.69 Å². The normalized spacial score (nSPS) is 18.0. The fraction of sp³-hybridized carbons (Fsp3) is 0.560. The zero-order chi connectivity index (χ0) is 23.7. The Morgan fingerprint density at radius 2 is 1.94 bits per heavy atom. The number of hydrogen-bond donors (Lipinski definition) is 2. The van der Waals surface area contributed by atoms with E-state index < -0.39 is 10.0 Å². The molecular formula is C25H37N3O3S2. The van der Waals surface area contributed by atoms with E-state index in [1.807, 2.05) is 6.07 Å². The zero-order valence-corrected chi connectivity index (χ0v) is 21.3. The van der Waals surface area contributed by atoms with E-state index in [-0.39, 0.29) is 18.0 Å². The molecule has 1 saturated heterocycles. The lowest BCUT2D eigenvalue weighted by atomic mass is 10.0. The SMILES string of the molecule is CC(C)C[C@@H](CN1CCC[C@H]1C(=O)NCCCCc1ccccc1)NS(=O)(=O)c1cccs1. The first-order valence-electron chi connectivity index (χ1n) is 12.0. The summed E-state index contributed by atoms with van der Waals surface area (Å²) in [4.78, 5) is 15.0. The highest BCUT2D eigenvalue weighted by Crippen LogP contribution is 2.21. The van der Waals surface area contributed by atoms with Crippen molar-refractivity contribution in [2.75, 3.05) is 19.6 Å². The summed E-state index contributed by atoms with van der Waals surface area (Å²) in [6.45, 7) is 6.23. The predicted octanol–water partition coefficient (Wildman–Crippen LogP) is 4.04. The predicted molar refractivity (Wildman–Crippen MR) is 135 cm³/mol. The monoisotopic (exact) mass is 491 g/mol. The molecule has 1 aliphatic rings. The zero-order valence-electron chi connectivity index (χ0n) is 19.7. The second-order valence-electron chi connectivity index (χ2n) is 9.27. The van der Waals surface area contributed by atoms with E-state index in [0.717, 1.165) is 45.1 Å². The first-order valence-corrected chi connectivity index (χ1v) is 14.3. The third-order valence-corrected chi connectivity index (χ3v) is 8.91. The highest BCUT2D eigenvalue weighted by atomic mass is 32.2. The topological polar surface area (TPSA) is 78.5 Å². The first-order chi connectivity index (χ1) is 15.8. The van der Waals surface area contributed by atoms with Crippen molar-refractivity contribution in [3.63, 3.8) is 0 Å². The lowest BCUT2D eigenvalue weighted by Gasteiger charge is -2.29. The van der Waals surface area contributed by atoms with Crippen molar-refractivity contribution in [2.24, 2.45) is 5.92 Å². The van der Waals surface area contributed by atoms with Crippen molar-refractivity contribution in [2.45, 2.75) is 68.7 Å². The number of amides is 1. The molecule has 2 heterocycles. The molecule has 3 rings (SSSR count). The lowest BCUT2D eigenvalue weighted by Crippen LogP contribution is -2.50. The molecule has 0 aliphatic carbocycles. The molecule has 2 N–H and O–H groups in total. The number of likely N-dealkylation sites (tertiary alicyclic amines) is 1. The second-order valence-corrected chi connectivity index (χ2v) is 12.2. The molecule has 0 spiro atoms. The molecule has 0 radical (unpaired) electrons. The van der Waals surface area contributed by atoms with Crippen molar-refractivity contribution in [3.8, 4) is 0 Å². The fourth-order valence-corrected chi connectivity index (χ4v) is 6.73. The fourth-order valence-electron chi connectivity index (χ4n) is 4.48. The number of unbranched alkanes of at least 4 members (excludes halogenated alkanes) is 1. The van der Waals surface area contributed by atoms with Crippen molar-refractivity contribution in [1.82, 2.24) is 14.9 Å². The Hall–Kier alpha value is -1.74. The highest BCUT2D eigenvalue weighted by Gasteiger charge is 2.33. The molecular weight excluding hydrogens is 454 g/mol. The van der Waals surface area contributed by atoms with E-state index in [1.54, 1.807) is 17.5 Å². The minimum atomic E-state index is -3.54. The number of hydrogen-bond acceptors (Lipinski definition) is 5. The quantitative estimate of drug-likeness (QED) is 0.415. The highest BCUT2D eigenvalue weighted by molar-refractivity contribution is 7.91. The van der Waals surface area contributed by atoms with E-state index in [9.17, 15) is 13.2 Å². The van der Waals surface area contributed by atoms with Crippen LogP contribution >= 0.6 is 11.3 Å². The number of carbonyl (C=O) groups excluding carboxylic acids is 1. The van der Waals surface area contributed by atoms with Crippen LogP contribution in [0.15, 0.2) is 52.1 Å². The Morgan fingerprint density at radius 1 is 1.15 bits per heavy atom. The van der Waals surface area contributed by atoms with Crippen LogP contribution in [0.1, 0.15) is 51.5 Å². The number of sulfonamides is 1.